The average molecular weight is 334 g/mol. The van der Waals surface area contributed by atoms with Crippen LogP contribution in [0.5, 0.6) is 0 Å². The number of hydrogen-bond acceptors (Lipinski definition) is 4. The smallest absolute Gasteiger partial charge is 0.333 e. The highest BCUT2D eigenvalue weighted by Gasteiger charge is 2.57. The summed E-state index contributed by atoms with van der Waals surface area (Å²) >= 11 is 0. The molecule has 0 aliphatic heterocycles. The van der Waals surface area contributed by atoms with E-state index in [-0.39, 0.29) is 47.4 Å². The summed E-state index contributed by atoms with van der Waals surface area (Å²) in [6.45, 7) is 4.76. The van der Waals surface area contributed by atoms with Crippen molar-refractivity contribution in [2.24, 2.45) is 28.6 Å². The quantitative estimate of drug-likeness (QED) is 0.787. The molecule has 3 aliphatic carbocycles. The van der Waals surface area contributed by atoms with Gasteiger partial charge in [-0.3, -0.25) is 4.79 Å². The van der Waals surface area contributed by atoms with Gasteiger partial charge in [0, 0.05) is 24.5 Å². The maximum atomic E-state index is 12.8. The van der Waals surface area contributed by atoms with E-state index in [1.165, 1.54) is 7.11 Å². The molecule has 0 amide bonds. The Balaban J connectivity index is 1.95. The number of aliphatic hydroxyl groups excluding tert-OH is 1. The minimum atomic E-state index is -0.368. The molecular weight excluding hydrogens is 304 g/mol. The molecular formula is C20H30O4. The van der Waals surface area contributed by atoms with Crippen LogP contribution in [-0.4, -0.2) is 30.6 Å². The summed E-state index contributed by atoms with van der Waals surface area (Å²) in [5.41, 5.74) is 0.552. The summed E-state index contributed by atoms with van der Waals surface area (Å²) in [5, 5.41) is 10.0. The van der Waals surface area contributed by atoms with Crippen molar-refractivity contribution in [2.45, 2.75) is 58.8 Å². The first-order valence-electron chi connectivity index (χ1n) is 9.26. The molecule has 0 aromatic carbocycles. The lowest BCUT2D eigenvalue weighted by molar-refractivity contribution is -0.144. The highest BCUT2D eigenvalue weighted by atomic mass is 16.5. The predicted octanol–water partition coefficient (Wildman–Crippen LogP) is 3.28. The van der Waals surface area contributed by atoms with E-state index in [0.717, 1.165) is 38.5 Å². The van der Waals surface area contributed by atoms with Gasteiger partial charge in [-0.25, -0.2) is 4.79 Å². The lowest BCUT2D eigenvalue weighted by Gasteiger charge is -2.59. The van der Waals surface area contributed by atoms with Crippen LogP contribution in [0.3, 0.4) is 0 Å². The van der Waals surface area contributed by atoms with Crippen LogP contribution in [0.1, 0.15) is 58.8 Å². The van der Waals surface area contributed by atoms with Gasteiger partial charge in [0.25, 0.3) is 0 Å². The Morgan fingerprint density at radius 2 is 2.08 bits per heavy atom. The minimum Gasteiger partial charge on any atom is -0.466 e. The Hall–Kier alpha value is -1.16. The molecule has 0 spiro atoms. The van der Waals surface area contributed by atoms with Crippen molar-refractivity contribution < 1.29 is 19.4 Å². The Bertz CT molecular complexity index is 566. The first kappa shape index (κ1) is 17.7. The van der Waals surface area contributed by atoms with Gasteiger partial charge in [0.15, 0.2) is 0 Å². The van der Waals surface area contributed by atoms with Crippen molar-refractivity contribution in [3.05, 3.63) is 11.6 Å². The summed E-state index contributed by atoms with van der Waals surface area (Å²) in [4.78, 5) is 24.7. The molecule has 2 saturated carbocycles. The fraction of sp³-hybridized carbons (Fsp3) is 0.800. The van der Waals surface area contributed by atoms with Crippen molar-refractivity contribution >= 4 is 11.8 Å². The lowest BCUT2D eigenvalue weighted by atomic mass is 9.45. The molecule has 0 saturated heterocycles. The van der Waals surface area contributed by atoms with Crippen LogP contribution in [0.15, 0.2) is 11.6 Å². The number of allylic oxidation sites excluding steroid dienone is 1. The summed E-state index contributed by atoms with van der Waals surface area (Å²) in [6.07, 6.45) is 8.13. The van der Waals surface area contributed by atoms with Crippen LogP contribution in [0, 0.1) is 28.6 Å². The van der Waals surface area contributed by atoms with Gasteiger partial charge in [0.2, 0.25) is 0 Å². The maximum absolute atomic E-state index is 12.8. The minimum absolute atomic E-state index is 0.0395. The molecule has 3 aliphatic rings. The van der Waals surface area contributed by atoms with E-state index in [4.69, 9.17) is 4.74 Å². The standard InChI is InChI=1S/C20H30O4/c1-19(12-21)9-4-10-20(2)15-7-5-13(18(23)24-3)11-16(22)14(15)6-8-17(19)20/h5,14-15,17,21H,4,6-12H2,1-3H3. The zero-order valence-electron chi connectivity index (χ0n) is 15.1. The van der Waals surface area contributed by atoms with Gasteiger partial charge in [-0.2, -0.15) is 0 Å². The van der Waals surface area contributed by atoms with Crippen molar-refractivity contribution in [1.29, 1.82) is 0 Å². The van der Waals surface area contributed by atoms with Gasteiger partial charge >= 0.3 is 5.97 Å². The van der Waals surface area contributed by atoms with E-state index in [2.05, 4.69) is 13.8 Å². The van der Waals surface area contributed by atoms with Crippen molar-refractivity contribution in [3.63, 3.8) is 0 Å². The first-order valence-corrected chi connectivity index (χ1v) is 9.26. The highest BCUT2D eigenvalue weighted by Crippen LogP contribution is 2.62. The molecule has 0 radical (unpaired) electrons. The van der Waals surface area contributed by atoms with Crippen LogP contribution in [0.4, 0.5) is 0 Å². The predicted molar refractivity (Wildman–Crippen MR) is 91.2 cm³/mol. The van der Waals surface area contributed by atoms with E-state index < -0.39 is 0 Å². The summed E-state index contributed by atoms with van der Waals surface area (Å²) in [6, 6.07) is 0. The first-order chi connectivity index (χ1) is 11.4. The molecule has 0 bridgehead atoms. The molecule has 3 rings (SSSR count). The van der Waals surface area contributed by atoms with E-state index >= 15 is 0 Å². The van der Waals surface area contributed by atoms with Crippen LogP contribution < -0.4 is 0 Å². The number of methoxy groups -OCH3 is 1. The Morgan fingerprint density at radius 1 is 1.33 bits per heavy atom. The van der Waals surface area contributed by atoms with E-state index in [1.54, 1.807) is 0 Å². The molecule has 134 valence electrons. The molecule has 2 fully saturated rings. The monoisotopic (exact) mass is 334 g/mol. The van der Waals surface area contributed by atoms with Crippen LogP contribution >= 0.6 is 0 Å². The number of Topliss-reactive ketones (excluding diaryl/α,β-unsaturated/α-hetero) is 1. The third-order valence-electron chi connectivity index (χ3n) is 7.40. The number of rotatable bonds is 2. The number of fused-ring (bicyclic) bond motifs is 3. The van der Waals surface area contributed by atoms with Crippen molar-refractivity contribution in [3.8, 4) is 0 Å². The van der Waals surface area contributed by atoms with Gasteiger partial charge in [0.1, 0.15) is 5.78 Å². The van der Waals surface area contributed by atoms with Gasteiger partial charge in [-0.15, -0.1) is 0 Å². The average Bonchev–Trinajstić information content (AvgIpc) is 2.74. The number of esters is 1. The van der Waals surface area contributed by atoms with Crippen LogP contribution in [0.2, 0.25) is 0 Å². The molecule has 5 unspecified atom stereocenters. The summed E-state index contributed by atoms with van der Waals surface area (Å²) in [7, 11) is 1.37. The van der Waals surface area contributed by atoms with E-state index in [0.29, 0.717) is 11.5 Å². The topological polar surface area (TPSA) is 63.6 Å². The zero-order chi connectivity index (χ0) is 17.5. The van der Waals surface area contributed by atoms with Crippen LogP contribution in [0.25, 0.3) is 0 Å². The number of carbonyl (C=O) groups excluding carboxylic acids is 2. The second kappa shape index (κ2) is 6.29. The van der Waals surface area contributed by atoms with Gasteiger partial charge in [0.05, 0.1) is 7.11 Å². The molecule has 4 nitrogen and oxygen atoms in total. The lowest BCUT2D eigenvalue weighted by Crippen LogP contribution is -2.54. The second-order valence-corrected chi connectivity index (χ2v) is 8.61. The molecule has 5 atom stereocenters. The molecule has 0 heterocycles. The van der Waals surface area contributed by atoms with E-state index in [9.17, 15) is 14.7 Å². The molecule has 1 N–H and O–H groups in total. The number of ether oxygens (including phenoxy) is 1. The Morgan fingerprint density at radius 3 is 2.75 bits per heavy atom. The van der Waals surface area contributed by atoms with Gasteiger partial charge < -0.3 is 9.84 Å². The van der Waals surface area contributed by atoms with Crippen LogP contribution in [-0.2, 0) is 14.3 Å². The Kier molecular flexibility index (Phi) is 4.63. The molecule has 4 heteroatoms. The summed E-state index contributed by atoms with van der Waals surface area (Å²) in [5.74, 6) is 0.603. The second-order valence-electron chi connectivity index (χ2n) is 8.61. The molecule has 0 aromatic rings. The van der Waals surface area contributed by atoms with Gasteiger partial charge in [-0.05, 0) is 54.8 Å². The highest BCUT2D eigenvalue weighted by molar-refractivity contribution is 5.97. The normalized spacial score (nSPS) is 42.4. The number of hydrogen-bond donors (Lipinski definition) is 1. The number of ketones is 1. The Labute approximate surface area is 144 Å². The molecule has 24 heavy (non-hydrogen) atoms. The zero-order valence-corrected chi connectivity index (χ0v) is 15.1. The third-order valence-corrected chi connectivity index (χ3v) is 7.40. The van der Waals surface area contributed by atoms with Gasteiger partial charge in [-0.1, -0.05) is 26.3 Å². The number of aliphatic hydroxyl groups is 1. The largest absolute Gasteiger partial charge is 0.466 e. The fourth-order valence-electron chi connectivity index (χ4n) is 6.10. The van der Waals surface area contributed by atoms with Crippen molar-refractivity contribution in [1.82, 2.24) is 0 Å². The summed E-state index contributed by atoms with van der Waals surface area (Å²) < 4.78 is 4.84. The van der Waals surface area contributed by atoms with Crippen molar-refractivity contribution in [2.75, 3.05) is 13.7 Å². The third kappa shape index (κ3) is 2.63. The SMILES string of the molecule is COC(=O)C1=CCC2C(CCC3C(C)(CO)CCCC23C)C(=O)C1. The maximum Gasteiger partial charge on any atom is 0.333 e. The van der Waals surface area contributed by atoms with E-state index in [1.807, 2.05) is 6.08 Å². The number of carbonyl (C=O) groups is 2. The fourth-order valence-corrected chi connectivity index (χ4v) is 6.10. The molecule has 0 aromatic heterocycles.